The van der Waals surface area contributed by atoms with Gasteiger partial charge in [-0.1, -0.05) is 15.9 Å². The Morgan fingerprint density at radius 3 is 2.06 bits per heavy atom. The van der Waals surface area contributed by atoms with Crippen LogP contribution in [0.5, 0.6) is 0 Å². The molecule has 4 nitrogen and oxygen atoms in total. The number of aliphatic carboxylic acids is 1. The Labute approximate surface area is 129 Å². The first-order chi connectivity index (χ1) is 8.36. The van der Waals surface area contributed by atoms with E-state index in [2.05, 4.69) is 53.1 Å². The Hall–Kier alpha value is -0.400. The number of carboxylic acid groups (broad SMARTS) is 1. The van der Waals surface area contributed by atoms with Crippen LogP contribution >= 0.6 is 47.8 Å². The minimum atomic E-state index is -1.24. The molecule has 1 saturated carbocycles. The molecule has 1 aromatic rings. The summed E-state index contributed by atoms with van der Waals surface area (Å²) >= 11 is 9.98. The van der Waals surface area contributed by atoms with Gasteiger partial charge >= 0.3 is 5.97 Å². The van der Waals surface area contributed by atoms with E-state index in [0.29, 0.717) is 27.5 Å². The molecule has 0 heterocycles. The molecule has 2 N–H and O–H groups in total. The minimum absolute atomic E-state index is 0.389. The van der Waals surface area contributed by atoms with E-state index < -0.39 is 17.3 Å². The fraction of sp³-hybridized carbons (Fsp3) is 0.273. The number of benzene rings is 1. The summed E-state index contributed by atoms with van der Waals surface area (Å²) in [7, 11) is 0. The van der Waals surface area contributed by atoms with Crippen LogP contribution in [0.15, 0.2) is 25.6 Å². The third kappa shape index (κ3) is 2.48. The first kappa shape index (κ1) is 14.0. The van der Waals surface area contributed by atoms with Crippen molar-refractivity contribution in [2.24, 2.45) is 5.41 Å². The van der Waals surface area contributed by atoms with E-state index in [4.69, 9.17) is 5.11 Å². The van der Waals surface area contributed by atoms with Gasteiger partial charge in [0.05, 0.1) is 5.69 Å². The van der Waals surface area contributed by atoms with Crippen LogP contribution in [0.3, 0.4) is 0 Å². The van der Waals surface area contributed by atoms with Gasteiger partial charge in [0.2, 0.25) is 5.91 Å². The molecule has 0 unspecified atom stereocenters. The van der Waals surface area contributed by atoms with Crippen molar-refractivity contribution in [3.63, 3.8) is 0 Å². The Bertz CT molecular complexity index is 517. The van der Waals surface area contributed by atoms with Crippen molar-refractivity contribution >= 4 is 65.4 Å². The Balaban J connectivity index is 2.26. The SMILES string of the molecule is O=C(O)C1(C(=O)Nc2c(Br)cc(Br)cc2Br)CC1. The maximum atomic E-state index is 12.0. The van der Waals surface area contributed by atoms with Gasteiger partial charge in [-0.25, -0.2) is 0 Å². The Morgan fingerprint density at radius 2 is 1.67 bits per heavy atom. The van der Waals surface area contributed by atoms with E-state index in [1.807, 2.05) is 0 Å². The largest absolute Gasteiger partial charge is 0.480 e. The van der Waals surface area contributed by atoms with Crippen molar-refractivity contribution in [2.45, 2.75) is 12.8 Å². The van der Waals surface area contributed by atoms with Crippen LogP contribution in [-0.2, 0) is 9.59 Å². The van der Waals surface area contributed by atoms with Crippen LogP contribution in [0.25, 0.3) is 0 Å². The van der Waals surface area contributed by atoms with Gasteiger partial charge in [-0.3, -0.25) is 9.59 Å². The van der Waals surface area contributed by atoms with E-state index in [0.717, 1.165) is 4.47 Å². The molecule has 0 saturated heterocycles. The number of halogens is 3. The number of carboxylic acids is 1. The molecule has 7 heteroatoms. The van der Waals surface area contributed by atoms with Crippen LogP contribution in [0.2, 0.25) is 0 Å². The number of anilines is 1. The molecule has 1 aliphatic rings. The second-order valence-corrected chi connectivity index (χ2v) is 6.71. The van der Waals surface area contributed by atoms with Gasteiger partial charge in [0.1, 0.15) is 5.41 Å². The molecule has 2 rings (SSSR count). The zero-order valence-electron chi connectivity index (χ0n) is 8.97. The molecule has 0 radical (unpaired) electrons. The predicted molar refractivity (Wildman–Crippen MR) is 77.5 cm³/mol. The first-order valence-electron chi connectivity index (χ1n) is 5.06. The summed E-state index contributed by atoms with van der Waals surface area (Å²) in [6, 6.07) is 3.56. The number of amides is 1. The quantitative estimate of drug-likeness (QED) is 0.701. The standard InChI is InChI=1S/C11H8Br3NO3/c12-5-3-6(13)8(7(14)4-5)15-9(16)11(1-2-11)10(17)18/h3-4H,1-2H2,(H,15,16)(H,17,18). The Morgan fingerprint density at radius 1 is 1.17 bits per heavy atom. The number of hydrogen-bond donors (Lipinski definition) is 2. The summed E-state index contributed by atoms with van der Waals surface area (Å²) in [6.45, 7) is 0. The molecule has 0 atom stereocenters. The van der Waals surface area contributed by atoms with Crippen LogP contribution in [0.1, 0.15) is 12.8 Å². The van der Waals surface area contributed by atoms with Crippen LogP contribution in [0, 0.1) is 5.41 Å². The van der Waals surface area contributed by atoms with Crippen molar-refractivity contribution in [1.29, 1.82) is 0 Å². The van der Waals surface area contributed by atoms with Crippen LogP contribution in [0.4, 0.5) is 5.69 Å². The van der Waals surface area contributed by atoms with Crippen molar-refractivity contribution in [1.82, 2.24) is 0 Å². The van der Waals surface area contributed by atoms with Gasteiger partial charge in [-0.15, -0.1) is 0 Å². The molecule has 1 fully saturated rings. The highest BCUT2D eigenvalue weighted by Gasteiger charge is 2.57. The lowest BCUT2D eigenvalue weighted by Gasteiger charge is -2.14. The molecule has 0 aromatic heterocycles. The molecule has 1 aliphatic carbocycles. The number of rotatable bonds is 3. The number of carbonyl (C=O) groups is 2. The number of nitrogens with one attached hydrogen (secondary N) is 1. The second-order valence-electron chi connectivity index (χ2n) is 4.09. The molecular weight excluding hydrogens is 434 g/mol. The lowest BCUT2D eigenvalue weighted by atomic mass is 10.1. The molecule has 0 spiro atoms. The van der Waals surface area contributed by atoms with Crippen molar-refractivity contribution in [3.8, 4) is 0 Å². The van der Waals surface area contributed by atoms with E-state index in [9.17, 15) is 9.59 Å². The van der Waals surface area contributed by atoms with Gasteiger partial charge in [-0.05, 0) is 56.8 Å². The van der Waals surface area contributed by atoms with Gasteiger partial charge in [0.25, 0.3) is 0 Å². The highest BCUT2D eigenvalue weighted by Crippen LogP contribution is 2.47. The fourth-order valence-electron chi connectivity index (χ4n) is 1.56. The summed E-state index contributed by atoms with van der Waals surface area (Å²) in [5.41, 5.74) is -0.706. The molecule has 0 bridgehead atoms. The van der Waals surface area contributed by atoms with Gasteiger partial charge < -0.3 is 10.4 Å². The zero-order chi connectivity index (χ0) is 13.5. The first-order valence-corrected chi connectivity index (χ1v) is 7.44. The van der Waals surface area contributed by atoms with Crippen molar-refractivity contribution < 1.29 is 14.7 Å². The average molecular weight is 442 g/mol. The Kier molecular flexibility index (Phi) is 3.85. The third-order valence-corrected chi connectivity index (χ3v) is 4.55. The molecular formula is C11H8Br3NO3. The summed E-state index contributed by atoms with van der Waals surface area (Å²) in [5.74, 6) is -1.54. The summed E-state index contributed by atoms with van der Waals surface area (Å²) in [6.07, 6.45) is 0.778. The zero-order valence-corrected chi connectivity index (χ0v) is 13.7. The van der Waals surface area contributed by atoms with Crippen molar-refractivity contribution in [2.75, 3.05) is 5.32 Å². The van der Waals surface area contributed by atoms with Crippen molar-refractivity contribution in [3.05, 3.63) is 25.6 Å². The second kappa shape index (κ2) is 4.94. The van der Waals surface area contributed by atoms with Crippen LogP contribution < -0.4 is 5.32 Å². The van der Waals surface area contributed by atoms with Gasteiger partial charge in [-0.2, -0.15) is 0 Å². The smallest absolute Gasteiger partial charge is 0.319 e. The molecule has 18 heavy (non-hydrogen) atoms. The van der Waals surface area contributed by atoms with Gasteiger partial charge in [0, 0.05) is 13.4 Å². The predicted octanol–water partition coefficient (Wildman–Crippen LogP) is 3.78. The fourth-order valence-corrected chi connectivity index (χ4v) is 4.01. The highest BCUT2D eigenvalue weighted by molar-refractivity contribution is 9.11. The lowest BCUT2D eigenvalue weighted by molar-refractivity contribution is -0.147. The normalized spacial score (nSPS) is 16.2. The molecule has 0 aliphatic heterocycles. The lowest BCUT2D eigenvalue weighted by Crippen LogP contribution is -2.31. The topological polar surface area (TPSA) is 66.4 Å². The molecule has 1 amide bonds. The maximum absolute atomic E-state index is 12.0. The highest BCUT2D eigenvalue weighted by atomic mass is 79.9. The average Bonchev–Trinajstić information content (AvgIpc) is 3.03. The summed E-state index contributed by atoms with van der Waals surface area (Å²) in [5, 5.41) is 11.7. The number of carbonyl (C=O) groups excluding carboxylic acids is 1. The summed E-state index contributed by atoms with van der Waals surface area (Å²) < 4.78 is 2.20. The third-order valence-electron chi connectivity index (χ3n) is 2.84. The van der Waals surface area contributed by atoms with Gasteiger partial charge in [0.15, 0.2) is 0 Å². The van der Waals surface area contributed by atoms with E-state index >= 15 is 0 Å². The molecule has 1 aromatic carbocycles. The minimum Gasteiger partial charge on any atom is -0.480 e. The van der Waals surface area contributed by atoms with E-state index in [1.165, 1.54) is 0 Å². The molecule has 96 valence electrons. The number of hydrogen-bond acceptors (Lipinski definition) is 2. The monoisotopic (exact) mass is 439 g/mol. The van der Waals surface area contributed by atoms with E-state index in [1.54, 1.807) is 12.1 Å². The summed E-state index contributed by atoms with van der Waals surface area (Å²) in [4.78, 5) is 23.0. The maximum Gasteiger partial charge on any atom is 0.319 e. The van der Waals surface area contributed by atoms with Crippen LogP contribution in [-0.4, -0.2) is 17.0 Å². The van der Waals surface area contributed by atoms with E-state index in [-0.39, 0.29) is 0 Å².